The molecule has 0 spiro atoms. The third-order valence-electron chi connectivity index (χ3n) is 3.22. The van der Waals surface area contributed by atoms with Crippen molar-refractivity contribution in [2.45, 2.75) is 19.4 Å². The lowest BCUT2D eigenvalue weighted by molar-refractivity contribution is -1.92. The van der Waals surface area contributed by atoms with Crippen LogP contribution in [0, 0.1) is 10.2 Å². The summed E-state index contributed by atoms with van der Waals surface area (Å²) in [4.78, 5) is 1.92. The van der Waals surface area contributed by atoms with Crippen LogP contribution in [0.25, 0.3) is 5.76 Å². The first-order valence-corrected chi connectivity index (χ1v) is 7.13. The van der Waals surface area contributed by atoms with Crippen LogP contribution in [-0.2, 0) is 10.8 Å². The molecule has 100 valence electrons. The van der Waals surface area contributed by atoms with Gasteiger partial charge in [-0.2, -0.15) is 14.0 Å². The van der Waals surface area contributed by atoms with Gasteiger partial charge in [-0.1, -0.05) is 34.6 Å². The highest BCUT2D eigenvalue weighted by Crippen LogP contribution is 2.37. The summed E-state index contributed by atoms with van der Waals surface area (Å²) in [6.07, 6.45) is 5.37. The van der Waals surface area contributed by atoms with E-state index in [4.69, 9.17) is 0 Å². The number of nitrogens with zero attached hydrogens (tertiary/aromatic N) is 1. The quantitative estimate of drug-likeness (QED) is 0.722. The van der Waals surface area contributed by atoms with Gasteiger partial charge in [0.15, 0.2) is 0 Å². The van der Waals surface area contributed by atoms with Crippen LogP contribution in [0.15, 0.2) is 42.2 Å². The fourth-order valence-corrected chi connectivity index (χ4v) is 2.81. The van der Waals surface area contributed by atoms with E-state index in [0.29, 0.717) is 18.5 Å². The molecular weight excluding hydrogens is 270 g/mol. The first-order valence-electron chi connectivity index (χ1n) is 5.90. The molecule has 0 unspecified atom stereocenters. The predicted octanol–water partition coefficient (Wildman–Crippen LogP) is -0.608. The Morgan fingerprint density at radius 2 is 1.95 bits per heavy atom. The average molecular weight is 282 g/mol. The lowest BCUT2D eigenvalue weighted by atomic mass is 9.96. The van der Waals surface area contributed by atoms with Crippen LogP contribution in [0.5, 0.6) is 0 Å². The smallest absolute Gasteiger partial charge is 0.314 e. The van der Waals surface area contributed by atoms with Crippen molar-refractivity contribution in [3.05, 3.63) is 53.4 Å². The predicted molar refractivity (Wildman–Crippen MR) is 58.4 cm³/mol. The highest BCUT2D eigenvalue weighted by molar-refractivity contribution is 5.67. The Morgan fingerprint density at radius 3 is 2.74 bits per heavy atom. The van der Waals surface area contributed by atoms with E-state index in [1.54, 1.807) is 12.1 Å². The summed E-state index contributed by atoms with van der Waals surface area (Å²) in [7, 11) is -4.49. The van der Waals surface area contributed by atoms with Crippen LogP contribution in [0.1, 0.15) is 24.0 Å². The molecule has 2 aliphatic heterocycles. The molecule has 0 aromatic heterocycles. The molecule has 0 fully saturated rings. The van der Waals surface area contributed by atoms with Gasteiger partial charge in [0.25, 0.3) is 0 Å². The second-order valence-corrected chi connectivity index (χ2v) is 5.35. The zero-order chi connectivity index (χ0) is 13.5. The minimum absolute atomic E-state index is 0.155. The van der Waals surface area contributed by atoms with Crippen molar-refractivity contribution >= 4 is 5.76 Å². The van der Waals surface area contributed by atoms with Gasteiger partial charge in [-0.25, -0.2) is 0 Å². The summed E-state index contributed by atoms with van der Waals surface area (Å²) in [5.41, 5.74) is 2.36. The number of allylic oxidation sites excluding steroid dienone is 2. The topological polar surface area (TPSA) is 81.6 Å². The zero-order valence-electron chi connectivity index (χ0n) is 10.0. The van der Waals surface area contributed by atoms with E-state index in [1.807, 2.05) is 29.3 Å². The first-order chi connectivity index (χ1) is 9.04. The Bertz CT molecular complexity index is 562. The van der Waals surface area contributed by atoms with Gasteiger partial charge in [0, 0.05) is 18.3 Å². The molecule has 0 bridgehead atoms. The van der Waals surface area contributed by atoms with Crippen LogP contribution >= 0.6 is 0 Å². The average Bonchev–Trinajstić information content (AvgIpc) is 2.37. The molecule has 1 aromatic rings. The van der Waals surface area contributed by atoms with E-state index in [2.05, 4.69) is 4.29 Å². The lowest BCUT2D eigenvalue weighted by Gasteiger charge is -2.32. The van der Waals surface area contributed by atoms with Crippen molar-refractivity contribution in [1.29, 1.82) is 0 Å². The SMILES string of the molecule is [O-][Cl+3]([O-])([O-])OC1=C2CCC=CN2Cc2ccccc21. The molecule has 0 N–H and O–H groups in total. The summed E-state index contributed by atoms with van der Waals surface area (Å²) in [6, 6.07) is 7.34. The summed E-state index contributed by atoms with van der Waals surface area (Å²) >= 11 is 0. The highest BCUT2D eigenvalue weighted by Gasteiger charge is 2.34. The van der Waals surface area contributed by atoms with Crippen molar-refractivity contribution in [3.8, 4) is 0 Å². The maximum atomic E-state index is 10.9. The Balaban J connectivity index is 2.11. The number of hydrogen-bond donors (Lipinski definition) is 0. The van der Waals surface area contributed by atoms with Crippen molar-refractivity contribution in [2.75, 3.05) is 0 Å². The van der Waals surface area contributed by atoms with Crippen LogP contribution in [0.3, 0.4) is 0 Å². The molecular formula is C13H12ClNO4. The monoisotopic (exact) mass is 281 g/mol. The highest BCUT2D eigenvalue weighted by atomic mass is 35.7. The minimum atomic E-state index is -4.49. The van der Waals surface area contributed by atoms with Gasteiger partial charge in [-0.05, 0) is 18.4 Å². The maximum absolute atomic E-state index is 10.9. The fourth-order valence-electron chi connectivity index (χ4n) is 2.45. The van der Waals surface area contributed by atoms with Gasteiger partial charge < -0.3 is 4.90 Å². The summed E-state index contributed by atoms with van der Waals surface area (Å²) in [5, 5.41) is 0. The van der Waals surface area contributed by atoms with Crippen molar-refractivity contribution in [1.82, 2.24) is 4.90 Å². The van der Waals surface area contributed by atoms with Crippen LogP contribution < -0.4 is 14.0 Å². The van der Waals surface area contributed by atoms with E-state index >= 15 is 0 Å². The van der Waals surface area contributed by atoms with E-state index < -0.39 is 10.2 Å². The zero-order valence-corrected chi connectivity index (χ0v) is 10.8. The Kier molecular flexibility index (Phi) is 2.99. The molecule has 0 saturated heterocycles. The molecule has 6 heteroatoms. The third kappa shape index (κ3) is 2.46. The number of rotatable bonds is 2. The third-order valence-corrected chi connectivity index (χ3v) is 3.56. The number of halogens is 1. The van der Waals surface area contributed by atoms with Gasteiger partial charge in [0.05, 0.1) is 5.70 Å². The number of hydrogen-bond acceptors (Lipinski definition) is 5. The normalized spacial score (nSPS) is 18.2. The molecule has 0 saturated carbocycles. The Labute approximate surface area is 112 Å². The molecule has 19 heavy (non-hydrogen) atoms. The van der Waals surface area contributed by atoms with Crippen molar-refractivity contribution < 1.29 is 28.5 Å². The van der Waals surface area contributed by atoms with Gasteiger partial charge in [-0.3, -0.25) is 0 Å². The molecule has 0 atom stereocenters. The molecule has 2 aliphatic rings. The standard InChI is InChI=1S/C13H12ClNO4/c16-14(17,18)19-13-11-6-2-1-5-10(11)9-15-8-4-3-7-12(13)15/h1-2,4-6,8H,3,7,9H2. The second kappa shape index (κ2) is 4.54. The summed E-state index contributed by atoms with van der Waals surface area (Å²) in [6.45, 7) is 0.657. The molecule has 3 rings (SSSR count). The molecule has 0 radical (unpaired) electrons. The molecule has 5 nitrogen and oxygen atoms in total. The molecule has 1 aromatic carbocycles. The second-order valence-electron chi connectivity index (χ2n) is 4.44. The fraction of sp³-hybridized carbons (Fsp3) is 0.231. The molecule has 0 amide bonds. The largest absolute Gasteiger partial charge is 0.344 e. The maximum Gasteiger partial charge on any atom is 0.314 e. The number of fused-ring (bicyclic) bond motifs is 2. The van der Waals surface area contributed by atoms with Gasteiger partial charge in [0.1, 0.15) is 10.2 Å². The van der Waals surface area contributed by atoms with Gasteiger partial charge in [0.2, 0.25) is 0 Å². The minimum Gasteiger partial charge on any atom is -0.344 e. The summed E-state index contributed by atoms with van der Waals surface area (Å²) < 4.78 is 37.4. The van der Waals surface area contributed by atoms with Crippen molar-refractivity contribution in [3.63, 3.8) is 0 Å². The Morgan fingerprint density at radius 1 is 1.16 bits per heavy atom. The number of benzene rings is 1. The van der Waals surface area contributed by atoms with Crippen LogP contribution in [0.4, 0.5) is 0 Å². The van der Waals surface area contributed by atoms with E-state index in [1.165, 1.54) is 0 Å². The van der Waals surface area contributed by atoms with E-state index in [0.717, 1.165) is 17.7 Å². The van der Waals surface area contributed by atoms with E-state index in [-0.39, 0.29) is 5.76 Å². The van der Waals surface area contributed by atoms with Crippen molar-refractivity contribution in [2.24, 2.45) is 0 Å². The summed E-state index contributed by atoms with van der Waals surface area (Å²) in [5.74, 6) is 0.155. The van der Waals surface area contributed by atoms with Gasteiger partial charge in [-0.15, -0.1) is 0 Å². The van der Waals surface area contributed by atoms with Crippen LogP contribution in [0.2, 0.25) is 0 Å². The van der Waals surface area contributed by atoms with E-state index in [9.17, 15) is 14.0 Å². The van der Waals surface area contributed by atoms with Gasteiger partial charge >= 0.3 is 5.76 Å². The first kappa shape index (κ1) is 12.5. The lowest BCUT2D eigenvalue weighted by Crippen LogP contribution is -2.60. The Hall–Kier alpha value is -1.53. The molecule has 0 aliphatic carbocycles. The van der Waals surface area contributed by atoms with Crippen LogP contribution in [-0.4, -0.2) is 4.90 Å². The molecule has 2 heterocycles.